The van der Waals surface area contributed by atoms with Gasteiger partial charge in [-0.3, -0.25) is 9.35 Å². The predicted molar refractivity (Wildman–Crippen MR) is 81.7 cm³/mol. The molecular formula is C14H19F3N2O4S. The Morgan fingerprint density at radius 2 is 1.92 bits per heavy atom. The monoisotopic (exact) mass is 368 g/mol. The van der Waals surface area contributed by atoms with Crippen molar-refractivity contribution in [2.75, 3.05) is 6.54 Å². The molecule has 1 aliphatic rings. The van der Waals surface area contributed by atoms with Crippen molar-refractivity contribution < 1.29 is 30.9 Å². The molecule has 1 atom stereocenters. The van der Waals surface area contributed by atoms with Gasteiger partial charge in [-0.25, -0.2) is 0 Å². The van der Waals surface area contributed by atoms with E-state index in [1.165, 1.54) is 16.7 Å². The van der Waals surface area contributed by atoms with Crippen LogP contribution in [-0.4, -0.2) is 30.9 Å². The molecule has 1 amide bonds. The third-order valence-corrected chi connectivity index (χ3v) is 3.91. The van der Waals surface area contributed by atoms with E-state index >= 15 is 0 Å². The number of hydrogen-bond acceptors (Lipinski definition) is 4. The predicted octanol–water partition coefficient (Wildman–Crippen LogP) is 1.92. The molecule has 1 heterocycles. The molecule has 10 heteroatoms. The molecule has 136 valence electrons. The second-order valence-electron chi connectivity index (χ2n) is 5.30. The smallest absolute Gasteiger partial charge is 0.350 e. The van der Waals surface area contributed by atoms with Crippen LogP contribution in [0.25, 0.3) is 0 Å². The summed E-state index contributed by atoms with van der Waals surface area (Å²) < 4.78 is 57.5. The van der Waals surface area contributed by atoms with Crippen LogP contribution in [0.4, 0.5) is 13.2 Å². The summed E-state index contributed by atoms with van der Waals surface area (Å²) in [5.41, 5.74) is -1.55. The number of rotatable bonds is 2. The van der Waals surface area contributed by atoms with E-state index in [2.05, 4.69) is 28.8 Å². The van der Waals surface area contributed by atoms with Gasteiger partial charge in [0, 0.05) is 13.5 Å². The minimum atomic E-state index is -5.84. The van der Waals surface area contributed by atoms with Gasteiger partial charge < -0.3 is 10.6 Å². The van der Waals surface area contributed by atoms with Crippen LogP contribution in [0.3, 0.4) is 0 Å². The summed E-state index contributed by atoms with van der Waals surface area (Å²) in [5.74, 6) is 0.0203. The number of carbonyl (C=O) groups is 1. The fourth-order valence-corrected chi connectivity index (χ4v) is 2.15. The Morgan fingerprint density at radius 1 is 1.33 bits per heavy atom. The molecule has 1 unspecified atom stereocenters. The molecule has 1 aromatic rings. The zero-order chi connectivity index (χ0) is 18.5. The molecule has 0 aliphatic carbocycles. The normalized spacial score (nSPS) is 15.6. The van der Waals surface area contributed by atoms with Gasteiger partial charge in [0.2, 0.25) is 5.91 Å². The van der Waals surface area contributed by atoms with Crippen molar-refractivity contribution in [3.05, 3.63) is 34.9 Å². The molecule has 0 bridgehead atoms. The van der Waals surface area contributed by atoms with Crippen LogP contribution in [0.1, 0.15) is 36.6 Å². The summed E-state index contributed by atoms with van der Waals surface area (Å²) in [6, 6.07) is 6.58. The molecule has 0 spiro atoms. The van der Waals surface area contributed by atoms with Gasteiger partial charge in [0.15, 0.2) is 0 Å². The minimum Gasteiger partial charge on any atom is -0.350 e. The van der Waals surface area contributed by atoms with Crippen LogP contribution in [0.15, 0.2) is 18.2 Å². The van der Waals surface area contributed by atoms with Gasteiger partial charge in [-0.05, 0) is 36.6 Å². The first-order valence-corrected chi connectivity index (χ1v) is 8.49. The van der Waals surface area contributed by atoms with Crippen LogP contribution in [-0.2, 0) is 27.9 Å². The molecule has 1 aromatic carbocycles. The summed E-state index contributed by atoms with van der Waals surface area (Å²) >= 11 is 0. The van der Waals surface area contributed by atoms with E-state index < -0.39 is 15.6 Å². The Kier molecular flexibility index (Phi) is 6.76. The highest BCUT2D eigenvalue weighted by Gasteiger charge is 2.44. The highest BCUT2D eigenvalue weighted by Crippen LogP contribution is 2.21. The van der Waals surface area contributed by atoms with E-state index in [1.54, 1.807) is 6.92 Å². The van der Waals surface area contributed by atoms with E-state index in [1.807, 2.05) is 6.92 Å². The maximum Gasteiger partial charge on any atom is 0.522 e. The molecule has 3 N–H and O–H groups in total. The highest BCUT2D eigenvalue weighted by atomic mass is 32.2. The van der Waals surface area contributed by atoms with Gasteiger partial charge >= 0.3 is 15.6 Å². The van der Waals surface area contributed by atoms with Crippen LogP contribution in [0.5, 0.6) is 0 Å². The Labute approximate surface area is 138 Å². The lowest BCUT2D eigenvalue weighted by molar-refractivity contribution is -0.119. The average molecular weight is 368 g/mol. The number of fused-ring (bicyclic) bond motifs is 1. The molecule has 0 radical (unpaired) electrons. The van der Waals surface area contributed by atoms with Crippen molar-refractivity contribution >= 4 is 16.0 Å². The number of alkyl halides is 3. The standard InChI is InChI=1S/C13H18N2O.CHF3O3S/c1-9(15-10(2)16)11-3-4-13-8-14-6-5-12(13)7-11;2-1(3,4)8(5,6)7/h3-4,7,9,14H,5-6,8H2,1-2H3,(H,15,16);(H,5,6,7). The molecular weight excluding hydrogens is 349 g/mol. The molecule has 0 saturated carbocycles. The number of carbonyl (C=O) groups excluding carboxylic acids is 1. The summed E-state index contributed by atoms with van der Waals surface area (Å²) in [5, 5.41) is 6.26. The zero-order valence-corrected chi connectivity index (χ0v) is 14.0. The first-order valence-electron chi connectivity index (χ1n) is 7.05. The first-order chi connectivity index (χ1) is 10.9. The molecule has 6 nitrogen and oxygen atoms in total. The van der Waals surface area contributed by atoms with Gasteiger partial charge in [0.05, 0.1) is 6.04 Å². The van der Waals surface area contributed by atoms with E-state index in [4.69, 9.17) is 13.0 Å². The minimum absolute atomic E-state index is 0.0203. The second-order valence-corrected chi connectivity index (χ2v) is 6.71. The van der Waals surface area contributed by atoms with Gasteiger partial charge in [0.1, 0.15) is 0 Å². The lowest BCUT2D eigenvalue weighted by Gasteiger charge is -2.20. The zero-order valence-electron chi connectivity index (χ0n) is 13.1. The fourth-order valence-electron chi connectivity index (χ4n) is 2.15. The molecule has 0 fully saturated rings. The topological polar surface area (TPSA) is 95.5 Å². The van der Waals surface area contributed by atoms with Gasteiger partial charge in [0.25, 0.3) is 0 Å². The maximum absolute atomic E-state index is 11.0. The van der Waals surface area contributed by atoms with Crippen molar-refractivity contribution in [1.29, 1.82) is 0 Å². The SMILES string of the molecule is CC(=O)NC(C)c1ccc2c(c1)CCNC2.O=S(=O)(O)C(F)(F)F. The van der Waals surface area contributed by atoms with E-state index in [0.717, 1.165) is 19.5 Å². The maximum atomic E-state index is 11.0. The molecule has 2 rings (SSSR count). The van der Waals surface area contributed by atoms with Gasteiger partial charge in [-0.2, -0.15) is 21.6 Å². The highest BCUT2D eigenvalue weighted by molar-refractivity contribution is 7.86. The molecule has 0 aromatic heterocycles. The second kappa shape index (κ2) is 7.95. The summed E-state index contributed by atoms with van der Waals surface area (Å²) in [6.45, 7) is 5.58. The van der Waals surface area contributed by atoms with E-state index in [-0.39, 0.29) is 11.9 Å². The third-order valence-electron chi connectivity index (χ3n) is 3.33. The fraction of sp³-hybridized carbons (Fsp3) is 0.500. The van der Waals surface area contributed by atoms with Crippen LogP contribution in [0, 0.1) is 0 Å². The van der Waals surface area contributed by atoms with Crippen LogP contribution >= 0.6 is 0 Å². The number of nitrogens with one attached hydrogen (secondary N) is 2. The first kappa shape index (κ1) is 20.4. The van der Waals surface area contributed by atoms with Gasteiger partial charge in [-0.1, -0.05) is 18.2 Å². The number of hydrogen-bond donors (Lipinski definition) is 3. The largest absolute Gasteiger partial charge is 0.522 e. The van der Waals surface area contributed by atoms with Crippen LogP contribution in [0.2, 0.25) is 0 Å². The average Bonchev–Trinajstić information content (AvgIpc) is 2.44. The van der Waals surface area contributed by atoms with Crippen molar-refractivity contribution in [2.24, 2.45) is 0 Å². The van der Waals surface area contributed by atoms with Crippen molar-refractivity contribution in [3.8, 4) is 0 Å². The summed E-state index contributed by atoms with van der Waals surface area (Å²) in [4.78, 5) is 11.0. The van der Waals surface area contributed by atoms with E-state index in [9.17, 15) is 18.0 Å². The Morgan fingerprint density at radius 3 is 2.42 bits per heavy atom. The Bertz CT molecular complexity index is 690. The third kappa shape index (κ3) is 6.10. The summed E-state index contributed by atoms with van der Waals surface area (Å²) in [7, 11) is -5.84. The lowest BCUT2D eigenvalue weighted by atomic mass is 9.96. The number of benzene rings is 1. The van der Waals surface area contributed by atoms with Crippen molar-refractivity contribution in [3.63, 3.8) is 0 Å². The quantitative estimate of drug-likeness (QED) is 0.548. The number of halogens is 3. The number of amides is 1. The Hall–Kier alpha value is -1.65. The lowest BCUT2D eigenvalue weighted by Crippen LogP contribution is -2.26. The molecule has 24 heavy (non-hydrogen) atoms. The van der Waals surface area contributed by atoms with Crippen LogP contribution < -0.4 is 10.6 Å². The van der Waals surface area contributed by atoms with E-state index in [0.29, 0.717) is 0 Å². The Balaban J connectivity index is 0.000000307. The van der Waals surface area contributed by atoms with Crippen molar-refractivity contribution in [1.82, 2.24) is 10.6 Å². The molecule has 0 saturated heterocycles. The van der Waals surface area contributed by atoms with Crippen molar-refractivity contribution in [2.45, 2.75) is 38.4 Å². The summed E-state index contributed by atoms with van der Waals surface area (Å²) in [6.07, 6.45) is 1.08. The molecule has 1 aliphatic heterocycles. The van der Waals surface area contributed by atoms with Gasteiger partial charge in [-0.15, -0.1) is 0 Å².